The molecule has 2 aromatic rings. The monoisotopic (exact) mass is 378 g/mol. The number of rotatable bonds is 7. The van der Waals surface area contributed by atoms with Gasteiger partial charge in [0.05, 0.1) is 18.7 Å². The van der Waals surface area contributed by atoms with E-state index in [-0.39, 0.29) is 12.5 Å². The lowest BCUT2D eigenvalue weighted by atomic mass is 10.1. The topological polar surface area (TPSA) is 67.4 Å². The van der Waals surface area contributed by atoms with E-state index >= 15 is 0 Å². The molecule has 1 aromatic heterocycles. The molecule has 0 saturated carbocycles. The second-order valence-corrected chi connectivity index (χ2v) is 7.38. The Kier molecular flexibility index (Phi) is 6.90. The zero-order valence-corrected chi connectivity index (χ0v) is 16.4. The van der Waals surface area contributed by atoms with Gasteiger partial charge in [-0.05, 0) is 44.7 Å². The summed E-state index contributed by atoms with van der Waals surface area (Å²) in [6, 6.07) is 7.81. The number of aryl methyl sites for hydroxylation is 1. The summed E-state index contributed by atoms with van der Waals surface area (Å²) < 4.78 is 5.10. The van der Waals surface area contributed by atoms with Gasteiger partial charge in [0.1, 0.15) is 5.00 Å². The zero-order chi connectivity index (χ0) is 18.4. The molecule has 1 heterocycles. The normalized spacial score (nSPS) is 10.4. The van der Waals surface area contributed by atoms with Gasteiger partial charge in [-0.1, -0.05) is 12.1 Å². The van der Waals surface area contributed by atoms with E-state index in [2.05, 4.69) is 10.6 Å². The maximum atomic E-state index is 12.3. The minimum Gasteiger partial charge on any atom is -0.462 e. The van der Waals surface area contributed by atoms with Crippen LogP contribution in [0.1, 0.15) is 27.7 Å². The summed E-state index contributed by atoms with van der Waals surface area (Å²) >= 11 is 3.00. The second kappa shape index (κ2) is 8.92. The van der Waals surface area contributed by atoms with Gasteiger partial charge in [0, 0.05) is 15.5 Å². The SMILES string of the molecule is CCOC(=O)c1c(NC(=O)CNc2ccccc2SC)sc(C)c1C. The van der Waals surface area contributed by atoms with Crippen molar-refractivity contribution >= 4 is 45.7 Å². The minimum atomic E-state index is -0.402. The first-order valence-corrected chi connectivity index (χ1v) is 9.95. The van der Waals surface area contributed by atoms with Gasteiger partial charge in [-0.3, -0.25) is 4.79 Å². The van der Waals surface area contributed by atoms with E-state index in [0.717, 1.165) is 21.0 Å². The molecule has 0 spiro atoms. The average molecular weight is 379 g/mol. The Bertz CT molecular complexity index is 772. The van der Waals surface area contributed by atoms with Gasteiger partial charge < -0.3 is 15.4 Å². The summed E-state index contributed by atoms with van der Waals surface area (Å²) in [5.41, 5.74) is 2.20. The predicted molar refractivity (Wildman–Crippen MR) is 105 cm³/mol. The maximum Gasteiger partial charge on any atom is 0.341 e. The van der Waals surface area contributed by atoms with Crippen molar-refractivity contribution in [3.63, 3.8) is 0 Å². The van der Waals surface area contributed by atoms with Crippen molar-refractivity contribution < 1.29 is 14.3 Å². The molecular weight excluding hydrogens is 356 g/mol. The van der Waals surface area contributed by atoms with Gasteiger partial charge >= 0.3 is 5.97 Å². The number of para-hydroxylation sites is 1. The number of nitrogens with one attached hydrogen (secondary N) is 2. The Morgan fingerprint density at radius 1 is 1.24 bits per heavy atom. The fraction of sp³-hybridized carbons (Fsp3) is 0.333. The van der Waals surface area contributed by atoms with E-state index in [1.54, 1.807) is 18.7 Å². The molecule has 25 heavy (non-hydrogen) atoms. The van der Waals surface area contributed by atoms with Crippen LogP contribution in [0, 0.1) is 13.8 Å². The fourth-order valence-electron chi connectivity index (χ4n) is 2.30. The van der Waals surface area contributed by atoms with Crippen LogP contribution in [0.3, 0.4) is 0 Å². The fourth-order valence-corrected chi connectivity index (χ4v) is 3.94. The van der Waals surface area contributed by atoms with Gasteiger partial charge in [0.2, 0.25) is 5.91 Å². The molecule has 0 aliphatic carbocycles. The number of esters is 1. The molecule has 0 unspecified atom stereocenters. The van der Waals surface area contributed by atoms with Crippen LogP contribution in [0.4, 0.5) is 10.7 Å². The van der Waals surface area contributed by atoms with Crippen molar-refractivity contribution in [1.82, 2.24) is 0 Å². The number of amides is 1. The number of carbonyl (C=O) groups excluding carboxylic acids is 2. The summed E-state index contributed by atoms with van der Waals surface area (Å²) in [5, 5.41) is 6.50. The predicted octanol–water partition coefficient (Wildman–Crippen LogP) is 4.31. The first-order valence-electron chi connectivity index (χ1n) is 7.91. The van der Waals surface area contributed by atoms with E-state index in [9.17, 15) is 9.59 Å². The highest BCUT2D eigenvalue weighted by Crippen LogP contribution is 2.33. The highest BCUT2D eigenvalue weighted by molar-refractivity contribution is 7.98. The summed E-state index contributed by atoms with van der Waals surface area (Å²) in [7, 11) is 0. The van der Waals surface area contributed by atoms with Crippen LogP contribution >= 0.6 is 23.1 Å². The molecule has 2 rings (SSSR count). The molecule has 2 N–H and O–H groups in total. The largest absolute Gasteiger partial charge is 0.462 e. The first-order chi connectivity index (χ1) is 12.0. The third-order valence-corrected chi connectivity index (χ3v) is 5.58. The molecule has 0 atom stereocenters. The van der Waals surface area contributed by atoms with Crippen LogP contribution < -0.4 is 10.6 Å². The summed E-state index contributed by atoms with van der Waals surface area (Å²) in [4.78, 5) is 26.5. The molecular formula is C18H22N2O3S2. The number of ether oxygens (including phenoxy) is 1. The molecule has 0 aliphatic heterocycles. The number of thiophene rings is 1. The lowest BCUT2D eigenvalue weighted by Crippen LogP contribution is -2.22. The quantitative estimate of drug-likeness (QED) is 0.555. The Hall–Kier alpha value is -1.99. The molecule has 0 bridgehead atoms. The minimum absolute atomic E-state index is 0.121. The number of anilines is 2. The lowest BCUT2D eigenvalue weighted by Gasteiger charge is -2.11. The molecule has 0 fully saturated rings. The van der Waals surface area contributed by atoms with Gasteiger partial charge in [0.25, 0.3) is 0 Å². The molecule has 1 aromatic carbocycles. The van der Waals surface area contributed by atoms with Gasteiger partial charge in [-0.15, -0.1) is 23.1 Å². The highest BCUT2D eigenvalue weighted by Gasteiger charge is 2.22. The van der Waals surface area contributed by atoms with Crippen molar-refractivity contribution in [3.05, 3.63) is 40.3 Å². The smallest absolute Gasteiger partial charge is 0.341 e. The van der Waals surface area contributed by atoms with Crippen LogP contribution in [0.15, 0.2) is 29.2 Å². The van der Waals surface area contributed by atoms with E-state index in [1.807, 2.05) is 44.4 Å². The van der Waals surface area contributed by atoms with E-state index in [0.29, 0.717) is 17.2 Å². The van der Waals surface area contributed by atoms with Gasteiger partial charge in [0.15, 0.2) is 0 Å². The molecule has 5 nitrogen and oxygen atoms in total. The van der Waals surface area contributed by atoms with Gasteiger partial charge in [-0.25, -0.2) is 4.79 Å². The average Bonchev–Trinajstić information content (AvgIpc) is 2.87. The van der Waals surface area contributed by atoms with Crippen molar-refractivity contribution in [2.24, 2.45) is 0 Å². The Balaban J connectivity index is 2.08. The Morgan fingerprint density at radius 3 is 2.64 bits per heavy atom. The second-order valence-electron chi connectivity index (χ2n) is 5.31. The number of carbonyl (C=O) groups is 2. The summed E-state index contributed by atoms with van der Waals surface area (Å²) in [6.07, 6.45) is 1.99. The molecule has 7 heteroatoms. The van der Waals surface area contributed by atoms with Crippen molar-refractivity contribution in [3.8, 4) is 0 Å². The highest BCUT2D eigenvalue weighted by atomic mass is 32.2. The Labute approximate surface area is 156 Å². The standard InChI is InChI=1S/C18H22N2O3S2/c1-5-23-18(22)16-11(2)12(3)25-17(16)20-15(21)10-19-13-8-6-7-9-14(13)24-4/h6-9,19H,5,10H2,1-4H3,(H,20,21). The lowest BCUT2D eigenvalue weighted by molar-refractivity contribution is -0.114. The number of thioether (sulfide) groups is 1. The van der Waals surface area contributed by atoms with Crippen LogP contribution in [0.5, 0.6) is 0 Å². The summed E-state index contributed by atoms with van der Waals surface area (Å²) in [5.74, 6) is -0.608. The third kappa shape index (κ3) is 4.76. The van der Waals surface area contributed by atoms with E-state index in [4.69, 9.17) is 4.74 Å². The van der Waals surface area contributed by atoms with Crippen LogP contribution in [0.2, 0.25) is 0 Å². The Morgan fingerprint density at radius 2 is 1.96 bits per heavy atom. The molecule has 0 saturated heterocycles. The van der Waals surface area contributed by atoms with E-state index < -0.39 is 5.97 Å². The third-order valence-electron chi connectivity index (χ3n) is 3.66. The van der Waals surface area contributed by atoms with Crippen molar-refractivity contribution in [2.75, 3.05) is 30.0 Å². The van der Waals surface area contributed by atoms with Crippen molar-refractivity contribution in [2.45, 2.75) is 25.7 Å². The van der Waals surface area contributed by atoms with Gasteiger partial charge in [-0.2, -0.15) is 0 Å². The summed E-state index contributed by atoms with van der Waals surface area (Å²) in [6.45, 7) is 5.97. The number of benzene rings is 1. The zero-order valence-electron chi connectivity index (χ0n) is 14.8. The molecule has 134 valence electrons. The molecule has 0 radical (unpaired) electrons. The number of hydrogen-bond acceptors (Lipinski definition) is 6. The van der Waals surface area contributed by atoms with E-state index in [1.165, 1.54) is 11.3 Å². The van der Waals surface area contributed by atoms with Crippen molar-refractivity contribution in [1.29, 1.82) is 0 Å². The van der Waals surface area contributed by atoms with Crippen LogP contribution in [-0.4, -0.2) is 31.3 Å². The molecule has 1 amide bonds. The van der Waals surface area contributed by atoms with Crippen LogP contribution in [0.25, 0.3) is 0 Å². The number of hydrogen-bond donors (Lipinski definition) is 2. The first kappa shape index (κ1) is 19.3. The molecule has 0 aliphatic rings. The van der Waals surface area contributed by atoms with Crippen LogP contribution in [-0.2, 0) is 9.53 Å². The maximum absolute atomic E-state index is 12.3.